The number of aryl methyl sites for hydroxylation is 2. The van der Waals surface area contributed by atoms with E-state index >= 15 is 0 Å². The molecule has 10 fully saturated rings. The molecule has 4 unspecified atom stereocenters. The summed E-state index contributed by atoms with van der Waals surface area (Å²) in [5.41, 5.74) is 7.27. The molecule has 2 heteroatoms. The fourth-order valence-electron chi connectivity index (χ4n) is 21.3. The van der Waals surface area contributed by atoms with Crippen LogP contribution in [0.1, 0.15) is 101 Å². The Hall–Kier alpha value is -0.507. The third-order valence-electron chi connectivity index (χ3n) is 21.1. The average Bonchev–Trinajstić information content (AvgIpc) is 3.92. The number of benzene rings is 2. The van der Waals surface area contributed by atoms with E-state index < -0.39 is 7.72 Å². The van der Waals surface area contributed by atoms with E-state index in [4.69, 9.17) is 0 Å². The van der Waals surface area contributed by atoms with E-state index in [-0.39, 0.29) is 7.92 Å². The van der Waals surface area contributed by atoms with E-state index in [2.05, 4.69) is 64.1 Å². The maximum atomic E-state index is 2.75. The molecule has 0 radical (unpaired) electrons. The first-order valence-electron chi connectivity index (χ1n) is 17.7. The van der Waals surface area contributed by atoms with Crippen molar-refractivity contribution >= 4 is 18.5 Å². The Morgan fingerprint density at radius 2 is 0.950 bits per heavy atom. The summed E-state index contributed by atoms with van der Waals surface area (Å²) in [5.74, 6) is 0. The molecule has 216 valence electrons. The van der Waals surface area contributed by atoms with Crippen molar-refractivity contribution in [1.82, 2.24) is 0 Å². The van der Waals surface area contributed by atoms with Crippen LogP contribution in [0.4, 0.5) is 0 Å². The molecule has 40 heavy (non-hydrogen) atoms. The van der Waals surface area contributed by atoms with Crippen molar-refractivity contribution in [3.63, 3.8) is 0 Å². The van der Waals surface area contributed by atoms with Crippen molar-refractivity contribution in [2.24, 2.45) is 0 Å². The topological polar surface area (TPSA) is 0 Å². The molecule has 2 aromatic rings. The Kier molecular flexibility index (Phi) is 2.29. The van der Waals surface area contributed by atoms with Crippen molar-refractivity contribution < 1.29 is 7.72 Å². The maximum absolute atomic E-state index is 3.66. The molecule has 0 N–H and O–H groups in total. The predicted molar refractivity (Wildman–Crippen MR) is 170 cm³/mol. The molecular weight excluding hydrogens is 588 g/mol. The van der Waals surface area contributed by atoms with Crippen LogP contribution in [0.15, 0.2) is 36.4 Å². The summed E-state index contributed by atoms with van der Waals surface area (Å²) in [6.07, 6.45) is 16.1. The Labute approximate surface area is 233 Å². The third-order valence-corrected chi connectivity index (χ3v) is 96.9. The van der Waals surface area contributed by atoms with Gasteiger partial charge in [0, 0.05) is 0 Å². The van der Waals surface area contributed by atoms with Crippen LogP contribution in [0.2, 0.25) is 40.6 Å². The first kappa shape index (κ1) is 23.0. The van der Waals surface area contributed by atoms with E-state index in [9.17, 15) is 0 Å². The minimum atomic E-state index is -3.66. The molecule has 10 aliphatic rings. The summed E-state index contributed by atoms with van der Waals surface area (Å²) >= 11 is 0. The van der Waals surface area contributed by atoms with Gasteiger partial charge in [-0.15, -0.1) is 0 Å². The molecule has 10 saturated heterocycles. The summed E-state index contributed by atoms with van der Waals surface area (Å²) in [6.45, 7) is 9.62. The van der Waals surface area contributed by atoms with Crippen LogP contribution < -0.4 is 10.6 Å². The number of unbranched alkanes of at least 4 members (excludes halogenated alkanes) is 4. The van der Waals surface area contributed by atoms with Gasteiger partial charge in [0.2, 0.25) is 0 Å². The number of hydrogen-bond acceptors (Lipinski definition) is 0. The molecule has 2 aromatic carbocycles. The number of hydrogen-bond donors (Lipinski definition) is 0. The number of fused-ring (bicyclic) bond motifs is 10. The van der Waals surface area contributed by atoms with Gasteiger partial charge in [-0.2, -0.15) is 0 Å². The van der Waals surface area contributed by atoms with Crippen LogP contribution in [-0.2, 0) is 33.4 Å². The monoisotopic (exact) mass is 640 g/mol. The van der Waals surface area contributed by atoms with Crippen molar-refractivity contribution in [2.75, 3.05) is 0 Å². The van der Waals surface area contributed by atoms with E-state index in [1.807, 2.05) is 21.7 Å². The summed E-state index contributed by atoms with van der Waals surface area (Å²) in [5, 5.41) is 3.92. The molecular formula is C38H51PRu. The van der Waals surface area contributed by atoms with Crippen LogP contribution in [-0.4, -0.2) is 3.75 Å². The van der Waals surface area contributed by atoms with Crippen molar-refractivity contribution in [2.45, 2.75) is 149 Å². The second-order valence-electron chi connectivity index (χ2n) is 18.2. The van der Waals surface area contributed by atoms with E-state index in [1.165, 1.54) is 118 Å². The third kappa shape index (κ3) is 0.682. The molecule has 0 bridgehead atoms. The second-order valence-corrected chi connectivity index (χ2v) is 58.3. The van der Waals surface area contributed by atoms with Crippen molar-refractivity contribution in [3.05, 3.63) is 58.7 Å². The molecule has 0 aliphatic carbocycles. The molecule has 10 aliphatic heterocycles. The zero-order valence-electron chi connectivity index (χ0n) is 25.4. The molecule has 4 atom stereocenters. The first-order chi connectivity index (χ1) is 19.4. The summed E-state index contributed by atoms with van der Waals surface area (Å²) in [6, 6.07) is 15.7. The molecule has 0 nitrogen and oxygen atoms in total. The minimum absolute atomic E-state index is 0.197. The quantitative estimate of drug-likeness (QED) is 0.134. The summed E-state index contributed by atoms with van der Waals surface area (Å²) in [4.78, 5) is 0. The normalized spacial score (nSPS) is 57.6. The Bertz CT molecular complexity index is 1720. The number of rotatable bonds is 15. The van der Waals surface area contributed by atoms with Gasteiger partial charge >= 0.3 is 234 Å². The molecule has 1 spiro atoms. The van der Waals surface area contributed by atoms with Crippen LogP contribution in [0, 0.1) is 0 Å². The zero-order chi connectivity index (χ0) is 26.8. The van der Waals surface area contributed by atoms with E-state index in [0.717, 1.165) is 3.75 Å². The fraction of sp³-hybridized carbons (Fsp3) is 0.684. The molecule has 12 rings (SSSR count). The molecule has 0 aromatic heterocycles. The van der Waals surface area contributed by atoms with E-state index in [1.54, 1.807) is 11.1 Å². The van der Waals surface area contributed by atoms with Gasteiger partial charge in [0.05, 0.1) is 0 Å². The standard InChI is InChI=1S/C33H46P.C5H5.Ru/c1-5-9-17-27-19-15-25-32(30(27)23-11-7-3)34(29-21-13-14-22-29)33-26-16-20-28(18-10-6-2)31(33)24-12-8-4;1-2-4-5-3-1;/h13-16,19-22,25-26H,5-12,17-18,23-24H2,1-4H3;1-5H;. The fourth-order valence-corrected chi connectivity index (χ4v) is 174. The Morgan fingerprint density at radius 3 is 1.27 bits per heavy atom. The SMILES string of the molecule is CCCCc1cccc(P(c2cccc(CCCC)c2CCCC)[C]23[CH]4[CH]5[CH]6[CH]2[Ru]56432789[CH]3[CH]2[CH]7[CH]8[CH]39)c1CCCC. The Morgan fingerprint density at radius 1 is 0.550 bits per heavy atom. The van der Waals surface area contributed by atoms with Gasteiger partial charge in [-0.25, -0.2) is 0 Å². The molecule has 0 saturated carbocycles. The molecule has 0 amide bonds. The second kappa shape index (κ2) is 3.99. The zero-order valence-corrected chi connectivity index (χ0v) is 28.1. The van der Waals surface area contributed by atoms with E-state index in [0.29, 0.717) is 0 Å². The van der Waals surface area contributed by atoms with Crippen LogP contribution in [0.25, 0.3) is 0 Å². The molecule has 10 heterocycles. The van der Waals surface area contributed by atoms with Gasteiger partial charge in [-0.1, -0.05) is 0 Å². The first-order valence-corrected chi connectivity index (χ1v) is 28.9. The van der Waals surface area contributed by atoms with Gasteiger partial charge in [0.15, 0.2) is 0 Å². The van der Waals surface area contributed by atoms with Gasteiger partial charge in [-0.05, 0) is 0 Å². The van der Waals surface area contributed by atoms with Crippen LogP contribution >= 0.6 is 7.92 Å². The van der Waals surface area contributed by atoms with Gasteiger partial charge < -0.3 is 0 Å². The van der Waals surface area contributed by atoms with Crippen molar-refractivity contribution in [1.29, 1.82) is 0 Å². The van der Waals surface area contributed by atoms with Gasteiger partial charge in [0.1, 0.15) is 0 Å². The summed E-state index contributed by atoms with van der Waals surface area (Å²) < 4.78 is 13.8. The van der Waals surface area contributed by atoms with Crippen molar-refractivity contribution in [3.8, 4) is 0 Å². The Balaban J connectivity index is 1.11. The average molecular weight is 640 g/mol. The summed E-state index contributed by atoms with van der Waals surface area (Å²) in [7, 11) is -3.86. The predicted octanol–water partition coefficient (Wildman–Crippen LogP) is 10.8. The van der Waals surface area contributed by atoms with Gasteiger partial charge in [0.25, 0.3) is 0 Å². The van der Waals surface area contributed by atoms with Gasteiger partial charge in [-0.3, -0.25) is 0 Å². The van der Waals surface area contributed by atoms with Crippen LogP contribution in [0.3, 0.4) is 0 Å². The van der Waals surface area contributed by atoms with Crippen LogP contribution in [0.5, 0.6) is 0 Å².